The Balaban J connectivity index is 2.73. The average Bonchev–Trinajstić information content (AvgIpc) is 2.09. The molecule has 0 spiro atoms. The van der Waals surface area contributed by atoms with Crippen LogP contribution >= 0.6 is 0 Å². The number of piperidine rings is 1. The summed E-state index contributed by atoms with van der Waals surface area (Å²) in [5.74, 6) is -3.44. The zero-order valence-electron chi connectivity index (χ0n) is 7.73. The Labute approximate surface area is 81.6 Å². The number of halogens is 2. The van der Waals surface area contributed by atoms with Crippen LogP contribution in [0.2, 0.25) is 0 Å². The summed E-state index contributed by atoms with van der Waals surface area (Å²) in [4.78, 5) is 0. The smallest absolute Gasteiger partial charge is 0.350 e. The highest BCUT2D eigenvalue weighted by atomic mass is 32.2. The number of nitrogens with zero attached hydrogens (tertiary/aromatic N) is 1. The van der Waals surface area contributed by atoms with Crippen molar-refractivity contribution >= 4 is 10.0 Å². The third-order valence-corrected chi connectivity index (χ3v) is 3.97. The van der Waals surface area contributed by atoms with E-state index in [2.05, 4.69) is 0 Å². The fourth-order valence-electron chi connectivity index (χ4n) is 1.36. The number of β-amino-alcohol motifs (C(OH)–C–C–N with tert-alkyl or cyclic N) is 1. The lowest BCUT2D eigenvalue weighted by Crippen LogP contribution is -2.47. The first-order valence-electron chi connectivity index (χ1n) is 4.31. The standard InChI is InChI=1S/C7H13F2NO3S/c1-5-2-3-10(4-6(5)11)14(12,13)7(8)9/h5-7,11H,2-4H2,1H3. The highest BCUT2D eigenvalue weighted by Crippen LogP contribution is 2.22. The Kier molecular flexibility index (Phi) is 3.44. The van der Waals surface area contributed by atoms with Gasteiger partial charge in [-0.25, -0.2) is 8.42 Å². The predicted octanol–water partition coefficient (Wildman–Crippen LogP) is 0.241. The van der Waals surface area contributed by atoms with Crippen molar-refractivity contribution in [1.82, 2.24) is 4.31 Å². The normalized spacial score (nSPS) is 30.9. The van der Waals surface area contributed by atoms with E-state index in [0.717, 1.165) is 0 Å². The van der Waals surface area contributed by atoms with Crippen LogP contribution in [-0.2, 0) is 10.0 Å². The minimum absolute atomic E-state index is 0.0425. The number of rotatable bonds is 2. The molecule has 1 fully saturated rings. The molecule has 1 heterocycles. The Morgan fingerprint density at radius 2 is 2.07 bits per heavy atom. The van der Waals surface area contributed by atoms with Gasteiger partial charge in [-0.3, -0.25) is 0 Å². The number of hydrogen-bond acceptors (Lipinski definition) is 3. The molecule has 0 aromatic heterocycles. The molecule has 14 heavy (non-hydrogen) atoms. The van der Waals surface area contributed by atoms with Crippen LogP contribution in [0.1, 0.15) is 13.3 Å². The number of sulfonamides is 1. The molecule has 0 radical (unpaired) electrons. The largest absolute Gasteiger partial charge is 0.391 e. The monoisotopic (exact) mass is 229 g/mol. The Morgan fingerprint density at radius 3 is 2.50 bits per heavy atom. The van der Waals surface area contributed by atoms with Gasteiger partial charge in [0, 0.05) is 13.1 Å². The van der Waals surface area contributed by atoms with E-state index in [9.17, 15) is 22.3 Å². The van der Waals surface area contributed by atoms with Gasteiger partial charge >= 0.3 is 5.76 Å². The van der Waals surface area contributed by atoms with E-state index >= 15 is 0 Å². The van der Waals surface area contributed by atoms with E-state index in [1.807, 2.05) is 0 Å². The molecular formula is C7H13F2NO3S. The summed E-state index contributed by atoms with van der Waals surface area (Å²) in [6.45, 7) is 1.59. The van der Waals surface area contributed by atoms with Crippen LogP contribution in [0.5, 0.6) is 0 Å². The molecule has 2 unspecified atom stereocenters. The van der Waals surface area contributed by atoms with Crippen LogP contribution in [0.4, 0.5) is 8.78 Å². The third kappa shape index (κ3) is 2.21. The van der Waals surface area contributed by atoms with Gasteiger partial charge in [0.15, 0.2) is 0 Å². The quantitative estimate of drug-likeness (QED) is 0.738. The van der Waals surface area contributed by atoms with E-state index in [-0.39, 0.29) is 19.0 Å². The number of alkyl halides is 2. The molecule has 0 aromatic rings. The molecule has 1 rings (SSSR count). The molecule has 0 aromatic carbocycles. The topological polar surface area (TPSA) is 57.6 Å². The van der Waals surface area contributed by atoms with E-state index < -0.39 is 21.9 Å². The van der Waals surface area contributed by atoms with Gasteiger partial charge in [-0.15, -0.1) is 0 Å². The van der Waals surface area contributed by atoms with Crippen LogP contribution < -0.4 is 0 Å². The molecule has 0 saturated carbocycles. The highest BCUT2D eigenvalue weighted by Gasteiger charge is 2.37. The zero-order valence-corrected chi connectivity index (χ0v) is 8.54. The van der Waals surface area contributed by atoms with Crippen molar-refractivity contribution < 1.29 is 22.3 Å². The maximum Gasteiger partial charge on any atom is 0.350 e. The van der Waals surface area contributed by atoms with Crippen LogP contribution in [0.3, 0.4) is 0 Å². The van der Waals surface area contributed by atoms with Crippen molar-refractivity contribution in [1.29, 1.82) is 0 Å². The van der Waals surface area contributed by atoms with Crippen LogP contribution in [-0.4, -0.2) is 42.8 Å². The fraction of sp³-hybridized carbons (Fsp3) is 1.00. The van der Waals surface area contributed by atoms with Crippen molar-refractivity contribution in [3.63, 3.8) is 0 Å². The van der Waals surface area contributed by atoms with Gasteiger partial charge < -0.3 is 5.11 Å². The van der Waals surface area contributed by atoms with Gasteiger partial charge in [0.05, 0.1) is 6.10 Å². The summed E-state index contributed by atoms with van der Waals surface area (Å²) in [5, 5.41) is 9.34. The summed E-state index contributed by atoms with van der Waals surface area (Å²) in [5.41, 5.74) is 0. The van der Waals surface area contributed by atoms with E-state index in [4.69, 9.17) is 0 Å². The lowest BCUT2D eigenvalue weighted by atomic mass is 9.98. The number of aliphatic hydroxyl groups is 1. The molecule has 0 amide bonds. The van der Waals surface area contributed by atoms with Gasteiger partial charge in [-0.05, 0) is 12.3 Å². The van der Waals surface area contributed by atoms with E-state index in [0.29, 0.717) is 10.7 Å². The molecule has 1 aliphatic rings. The van der Waals surface area contributed by atoms with Crippen LogP contribution in [0.15, 0.2) is 0 Å². The van der Waals surface area contributed by atoms with Crippen molar-refractivity contribution in [3.05, 3.63) is 0 Å². The number of aliphatic hydroxyl groups excluding tert-OH is 1. The molecule has 7 heteroatoms. The summed E-state index contributed by atoms with van der Waals surface area (Å²) in [7, 11) is -4.52. The minimum atomic E-state index is -4.52. The lowest BCUT2D eigenvalue weighted by Gasteiger charge is -2.32. The van der Waals surface area contributed by atoms with Crippen molar-refractivity contribution in [3.8, 4) is 0 Å². The van der Waals surface area contributed by atoms with Crippen molar-refractivity contribution in [2.24, 2.45) is 5.92 Å². The first-order chi connectivity index (χ1) is 6.35. The molecule has 84 valence electrons. The predicted molar refractivity (Wildman–Crippen MR) is 46.3 cm³/mol. The van der Waals surface area contributed by atoms with Gasteiger partial charge in [-0.1, -0.05) is 6.92 Å². The van der Waals surface area contributed by atoms with Crippen LogP contribution in [0, 0.1) is 5.92 Å². The van der Waals surface area contributed by atoms with Crippen molar-refractivity contribution in [2.45, 2.75) is 25.2 Å². The average molecular weight is 229 g/mol. The molecular weight excluding hydrogens is 216 g/mol. The molecule has 4 nitrogen and oxygen atoms in total. The van der Waals surface area contributed by atoms with Gasteiger partial charge in [-0.2, -0.15) is 13.1 Å². The molecule has 0 aliphatic carbocycles. The summed E-state index contributed by atoms with van der Waals surface area (Å²) < 4.78 is 46.9. The summed E-state index contributed by atoms with van der Waals surface area (Å²) in [6, 6.07) is 0. The maximum absolute atomic E-state index is 12.1. The van der Waals surface area contributed by atoms with Gasteiger partial charge in [0.1, 0.15) is 0 Å². The van der Waals surface area contributed by atoms with Crippen LogP contribution in [0.25, 0.3) is 0 Å². The Morgan fingerprint density at radius 1 is 1.50 bits per heavy atom. The molecule has 1 aliphatic heterocycles. The second-order valence-electron chi connectivity index (χ2n) is 3.50. The Bertz CT molecular complexity index is 293. The Hall–Kier alpha value is -0.270. The lowest BCUT2D eigenvalue weighted by molar-refractivity contribution is 0.0575. The SMILES string of the molecule is CC1CCN(S(=O)(=O)C(F)F)CC1O. The second kappa shape index (κ2) is 4.08. The molecule has 1 saturated heterocycles. The van der Waals surface area contributed by atoms with Gasteiger partial charge in [0.25, 0.3) is 10.0 Å². The number of hydrogen-bond donors (Lipinski definition) is 1. The summed E-state index contributed by atoms with van der Waals surface area (Å²) in [6.07, 6.45) is -0.440. The molecule has 0 bridgehead atoms. The van der Waals surface area contributed by atoms with E-state index in [1.54, 1.807) is 6.92 Å². The summed E-state index contributed by atoms with van der Waals surface area (Å²) >= 11 is 0. The van der Waals surface area contributed by atoms with Gasteiger partial charge in [0.2, 0.25) is 0 Å². The first kappa shape index (κ1) is 11.8. The highest BCUT2D eigenvalue weighted by molar-refractivity contribution is 7.89. The maximum atomic E-state index is 12.1. The van der Waals surface area contributed by atoms with E-state index in [1.165, 1.54) is 0 Å². The molecule has 2 atom stereocenters. The third-order valence-electron chi connectivity index (χ3n) is 2.47. The molecule has 1 N–H and O–H groups in total. The fourth-order valence-corrected chi connectivity index (χ4v) is 2.31. The van der Waals surface area contributed by atoms with Crippen molar-refractivity contribution in [2.75, 3.05) is 13.1 Å². The minimum Gasteiger partial charge on any atom is -0.391 e. The first-order valence-corrected chi connectivity index (χ1v) is 5.81. The zero-order chi connectivity index (χ0) is 10.9. The second-order valence-corrected chi connectivity index (χ2v) is 5.40.